The highest BCUT2D eigenvalue weighted by atomic mass is 32.2. The molecule has 1 aromatic carbocycles. The molecular formula is C12H5N3O9S. The first kappa shape index (κ1) is 16.4. The molecule has 0 spiro atoms. The molecule has 1 heterocycles. The summed E-state index contributed by atoms with van der Waals surface area (Å²) in [7, 11) is -4.42. The van der Waals surface area contributed by atoms with Crippen molar-refractivity contribution in [1.29, 1.82) is 0 Å². The first-order chi connectivity index (χ1) is 11.6. The molecule has 13 heteroatoms. The molecule has 0 aromatic heterocycles. The third-order valence-corrected chi connectivity index (χ3v) is 5.77. The number of rotatable bonds is 3. The van der Waals surface area contributed by atoms with Crippen LogP contribution in [0.25, 0.3) is 5.57 Å². The van der Waals surface area contributed by atoms with E-state index in [4.69, 9.17) is 0 Å². The largest absolute Gasteiger partial charge is 0.332 e. The van der Waals surface area contributed by atoms with Crippen LogP contribution in [0.3, 0.4) is 0 Å². The third-order valence-electron chi connectivity index (χ3n) is 3.78. The average Bonchev–Trinajstić information content (AvgIpc) is 2.73. The molecule has 0 radical (unpaired) electrons. The number of ketones is 1. The number of nitro benzene ring substituents is 1. The number of benzene rings is 1. The van der Waals surface area contributed by atoms with Gasteiger partial charge in [0.25, 0.3) is 5.69 Å². The van der Waals surface area contributed by atoms with Crippen LogP contribution in [0, 0.1) is 30.3 Å². The lowest BCUT2D eigenvalue weighted by Gasteiger charge is -2.12. The summed E-state index contributed by atoms with van der Waals surface area (Å²) in [5.41, 5.74) is -3.81. The standard InChI is InChI=1S/C12H5N3O9S/c16-12-7(14(19)20)4-9-10(11(12)15(21)22)6-2-1-5(13(17)18)3-8(6)25(9,23)24/h1-4,9H. The van der Waals surface area contributed by atoms with Gasteiger partial charge in [0.05, 0.1) is 25.2 Å². The van der Waals surface area contributed by atoms with Gasteiger partial charge in [0.15, 0.2) is 9.84 Å². The van der Waals surface area contributed by atoms with Gasteiger partial charge in [0.2, 0.25) is 0 Å². The maximum absolute atomic E-state index is 12.6. The molecule has 1 aromatic rings. The Labute approximate surface area is 137 Å². The Kier molecular flexibility index (Phi) is 3.28. The fraction of sp³-hybridized carbons (Fsp3) is 0.0833. The van der Waals surface area contributed by atoms with Crippen LogP contribution < -0.4 is 0 Å². The third kappa shape index (κ3) is 2.13. The topological polar surface area (TPSA) is 181 Å². The number of fused-ring (bicyclic) bond motifs is 3. The van der Waals surface area contributed by atoms with Crippen molar-refractivity contribution in [3.63, 3.8) is 0 Å². The zero-order valence-corrected chi connectivity index (χ0v) is 12.6. The van der Waals surface area contributed by atoms with Crippen LogP contribution in [0.1, 0.15) is 5.56 Å². The Morgan fingerprint density at radius 1 is 0.960 bits per heavy atom. The van der Waals surface area contributed by atoms with E-state index in [2.05, 4.69) is 0 Å². The summed E-state index contributed by atoms with van der Waals surface area (Å²) in [6, 6.07) is 2.61. The zero-order chi connectivity index (χ0) is 18.7. The van der Waals surface area contributed by atoms with Crippen molar-refractivity contribution in [2.75, 3.05) is 0 Å². The number of carbonyl (C=O) groups is 1. The number of hydrogen-bond donors (Lipinski definition) is 0. The summed E-state index contributed by atoms with van der Waals surface area (Å²) in [6.07, 6.45) is 0.520. The highest BCUT2D eigenvalue weighted by Crippen LogP contribution is 2.46. The number of Topliss-reactive ketones (excluding diaryl/α,β-unsaturated/α-hetero) is 1. The lowest BCUT2D eigenvalue weighted by atomic mass is 9.93. The highest BCUT2D eigenvalue weighted by molar-refractivity contribution is 7.93. The van der Waals surface area contributed by atoms with Crippen LogP contribution in [0.4, 0.5) is 5.69 Å². The Balaban J connectivity index is 2.41. The van der Waals surface area contributed by atoms with Crippen molar-refractivity contribution < 1.29 is 28.0 Å². The molecular weight excluding hydrogens is 362 g/mol. The van der Waals surface area contributed by atoms with Crippen molar-refractivity contribution in [3.8, 4) is 0 Å². The quantitative estimate of drug-likeness (QED) is 0.542. The highest BCUT2D eigenvalue weighted by Gasteiger charge is 2.53. The molecule has 0 amide bonds. The van der Waals surface area contributed by atoms with Crippen molar-refractivity contribution in [1.82, 2.24) is 0 Å². The maximum atomic E-state index is 12.6. The van der Waals surface area contributed by atoms with Gasteiger partial charge >= 0.3 is 17.2 Å². The van der Waals surface area contributed by atoms with Gasteiger partial charge in [-0.3, -0.25) is 35.1 Å². The monoisotopic (exact) mass is 367 g/mol. The van der Waals surface area contributed by atoms with E-state index in [1.807, 2.05) is 0 Å². The Bertz CT molecular complexity index is 1070. The van der Waals surface area contributed by atoms with Gasteiger partial charge in [0, 0.05) is 23.8 Å². The van der Waals surface area contributed by atoms with Crippen LogP contribution >= 0.6 is 0 Å². The van der Waals surface area contributed by atoms with Crippen LogP contribution in [-0.4, -0.2) is 34.2 Å². The van der Waals surface area contributed by atoms with Gasteiger partial charge in [-0.25, -0.2) is 8.42 Å². The van der Waals surface area contributed by atoms with Crippen molar-refractivity contribution in [2.24, 2.45) is 0 Å². The number of hydrogen-bond acceptors (Lipinski definition) is 9. The number of non-ortho nitro benzene ring substituents is 1. The second-order valence-electron chi connectivity index (χ2n) is 5.06. The number of nitrogens with zero attached hydrogens (tertiary/aromatic N) is 3. The van der Waals surface area contributed by atoms with E-state index in [9.17, 15) is 43.6 Å². The molecule has 3 rings (SSSR count). The lowest BCUT2D eigenvalue weighted by Crippen LogP contribution is -2.29. The Morgan fingerprint density at radius 2 is 1.60 bits per heavy atom. The second-order valence-corrected chi connectivity index (χ2v) is 7.10. The molecule has 1 aliphatic carbocycles. The van der Waals surface area contributed by atoms with E-state index in [0.717, 1.165) is 12.1 Å². The molecule has 2 aliphatic rings. The minimum atomic E-state index is -4.42. The number of carbonyl (C=O) groups excluding carboxylic acids is 1. The molecule has 128 valence electrons. The first-order valence-electron chi connectivity index (χ1n) is 6.39. The minimum absolute atomic E-state index is 0.255. The van der Waals surface area contributed by atoms with Gasteiger partial charge in [0.1, 0.15) is 5.25 Å². The minimum Gasteiger partial charge on any atom is -0.274 e. The zero-order valence-electron chi connectivity index (χ0n) is 11.8. The first-order valence-corrected chi connectivity index (χ1v) is 7.94. The molecule has 1 unspecified atom stereocenters. The normalized spacial score (nSPS) is 20.6. The Hall–Kier alpha value is -3.48. The Morgan fingerprint density at radius 3 is 2.12 bits per heavy atom. The van der Waals surface area contributed by atoms with E-state index in [1.165, 1.54) is 0 Å². The molecule has 0 bridgehead atoms. The van der Waals surface area contributed by atoms with Gasteiger partial charge in [-0.15, -0.1) is 0 Å². The predicted octanol–water partition coefficient (Wildman–Crippen LogP) is 0.482. The molecule has 0 N–H and O–H groups in total. The van der Waals surface area contributed by atoms with Crippen LogP contribution in [-0.2, 0) is 14.6 Å². The molecule has 1 atom stereocenters. The SMILES string of the molecule is O=C1C([N+](=O)[O-])=CC2C(=C1[N+](=O)[O-])c1ccc([N+](=O)[O-])cc1S2(=O)=O. The van der Waals surface area contributed by atoms with Gasteiger partial charge in [-0.2, -0.15) is 0 Å². The summed E-state index contributed by atoms with van der Waals surface area (Å²) in [4.78, 5) is 41.2. The summed E-state index contributed by atoms with van der Waals surface area (Å²) in [6.45, 7) is 0. The van der Waals surface area contributed by atoms with Crippen LogP contribution in [0.15, 0.2) is 40.6 Å². The summed E-state index contributed by atoms with van der Waals surface area (Å²) in [5.74, 6) is -1.53. The smallest absolute Gasteiger partial charge is 0.274 e. The van der Waals surface area contributed by atoms with E-state index < -0.39 is 63.2 Å². The lowest BCUT2D eigenvalue weighted by molar-refractivity contribution is -0.433. The second kappa shape index (κ2) is 5.01. The van der Waals surface area contributed by atoms with Crippen molar-refractivity contribution in [2.45, 2.75) is 10.1 Å². The van der Waals surface area contributed by atoms with E-state index in [-0.39, 0.29) is 5.56 Å². The maximum Gasteiger partial charge on any atom is 0.332 e. The number of sulfone groups is 1. The molecule has 25 heavy (non-hydrogen) atoms. The van der Waals surface area contributed by atoms with Gasteiger partial charge in [-0.1, -0.05) is 0 Å². The summed E-state index contributed by atoms with van der Waals surface area (Å²) < 4.78 is 25.2. The molecule has 0 saturated carbocycles. The fourth-order valence-corrected chi connectivity index (χ4v) is 4.65. The van der Waals surface area contributed by atoms with Gasteiger partial charge < -0.3 is 0 Å². The molecule has 12 nitrogen and oxygen atoms in total. The van der Waals surface area contributed by atoms with Crippen molar-refractivity contribution in [3.05, 3.63) is 71.6 Å². The summed E-state index contributed by atoms with van der Waals surface area (Å²) >= 11 is 0. The number of nitro groups is 3. The van der Waals surface area contributed by atoms with Gasteiger partial charge in [-0.05, 0) is 6.07 Å². The molecule has 1 aliphatic heterocycles. The summed E-state index contributed by atoms with van der Waals surface area (Å²) in [5, 5.41) is 31.2. The fourth-order valence-electron chi connectivity index (χ4n) is 2.75. The van der Waals surface area contributed by atoms with E-state index in [0.29, 0.717) is 12.1 Å². The van der Waals surface area contributed by atoms with Crippen LogP contribution in [0.5, 0.6) is 0 Å². The average molecular weight is 367 g/mol. The van der Waals surface area contributed by atoms with Crippen LogP contribution in [0.2, 0.25) is 0 Å². The molecule has 0 saturated heterocycles. The van der Waals surface area contributed by atoms with E-state index in [1.54, 1.807) is 0 Å². The van der Waals surface area contributed by atoms with Crippen molar-refractivity contribution >= 4 is 26.9 Å². The van der Waals surface area contributed by atoms with E-state index >= 15 is 0 Å². The predicted molar refractivity (Wildman–Crippen MR) is 78.1 cm³/mol. The molecule has 0 fully saturated rings.